The molecular weight excluding hydrogens is 374 g/mol. The summed E-state index contributed by atoms with van der Waals surface area (Å²) < 4.78 is 2.12. The molecule has 2 aliphatic rings. The van der Waals surface area contributed by atoms with E-state index in [9.17, 15) is 4.79 Å². The molecule has 1 saturated carbocycles. The highest BCUT2D eigenvalue weighted by Crippen LogP contribution is 2.34. The van der Waals surface area contributed by atoms with Crippen LogP contribution in [0.1, 0.15) is 12.8 Å². The number of aromatic nitrogens is 4. The average molecular weight is 397 g/mol. The molecule has 2 aromatic carbocycles. The fourth-order valence-corrected chi connectivity index (χ4v) is 4.39. The number of fused-ring (bicyclic) bond motifs is 1. The molecule has 1 amide bonds. The van der Waals surface area contributed by atoms with Gasteiger partial charge in [-0.05, 0) is 47.6 Å². The molecule has 2 aromatic heterocycles. The highest BCUT2D eigenvalue weighted by Gasteiger charge is 2.39. The van der Waals surface area contributed by atoms with Crippen LogP contribution < -0.4 is 0 Å². The molecule has 1 aliphatic heterocycles. The number of hydrogen-bond acceptors (Lipinski definition) is 3. The molecule has 1 N–H and O–H groups in total. The third kappa shape index (κ3) is 3.09. The highest BCUT2D eigenvalue weighted by molar-refractivity contribution is 5.85. The molecule has 4 aromatic rings. The van der Waals surface area contributed by atoms with Gasteiger partial charge in [0.15, 0.2) is 5.82 Å². The average Bonchev–Trinajstić information content (AvgIpc) is 3.31. The standard InChI is InChI=1S/C24H23N5O/c30-24(19-5-6-19)28-12-16(13-28)14-29-15-26-27-23(29)18-3-1-17(2-4-18)20-7-8-22-21(11-20)9-10-25-22/h1-4,7-11,15-16,19,25H,5-6,12-14H2. The van der Waals surface area contributed by atoms with Gasteiger partial charge in [0.2, 0.25) is 5.91 Å². The summed E-state index contributed by atoms with van der Waals surface area (Å²) in [6.07, 6.45) is 5.91. The Balaban J connectivity index is 1.17. The first-order chi connectivity index (χ1) is 14.7. The van der Waals surface area contributed by atoms with Gasteiger partial charge in [0, 0.05) is 48.7 Å². The number of benzene rings is 2. The second-order valence-electron chi connectivity index (χ2n) is 8.55. The lowest BCUT2D eigenvalue weighted by molar-refractivity contribution is -0.139. The Hall–Kier alpha value is -3.41. The first-order valence-corrected chi connectivity index (χ1v) is 10.6. The SMILES string of the molecule is O=C(C1CC1)N1CC(Cn2cnnc2-c2ccc(-c3ccc4[nH]ccc4c3)cc2)C1. The van der Waals surface area contributed by atoms with Crippen LogP contribution in [0, 0.1) is 11.8 Å². The highest BCUT2D eigenvalue weighted by atomic mass is 16.2. The van der Waals surface area contributed by atoms with E-state index in [-0.39, 0.29) is 0 Å². The summed E-state index contributed by atoms with van der Waals surface area (Å²) in [4.78, 5) is 17.4. The van der Waals surface area contributed by atoms with Crippen LogP contribution in [0.25, 0.3) is 33.4 Å². The topological polar surface area (TPSA) is 66.8 Å². The molecule has 1 saturated heterocycles. The van der Waals surface area contributed by atoms with Crippen LogP contribution in [0.15, 0.2) is 61.1 Å². The van der Waals surface area contributed by atoms with Gasteiger partial charge in [-0.15, -0.1) is 10.2 Å². The van der Waals surface area contributed by atoms with Crippen molar-refractivity contribution in [3.8, 4) is 22.5 Å². The molecule has 0 bridgehead atoms. The predicted molar refractivity (Wildman–Crippen MR) is 116 cm³/mol. The summed E-state index contributed by atoms with van der Waals surface area (Å²) in [5.41, 5.74) is 4.59. The van der Waals surface area contributed by atoms with E-state index < -0.39 is 0 Å². The number of carbonyl (C=O) groups excluding carboxylic acids is 1. The number of rotatable bonds is 5. The lowest BCUT2D eigenvalue weighted by Gasteiger charge is -2.39. The molecule has 1 aliphatic carbocycles. The van der Waals surface area contributed by atoms with Crippen molar-refractivity contribution in [2.24, 2.45) is 11.8 Å². The Kier molecular flexibility index (Phi) is 3.97. The monoisotopic (exact) mass is 397 g/mol. The first-order valence-electron chi connectivity index (χ1n) is 10.6. The van der Waals surface area contributed by atoms with Crippen molar-refractivity contribution in [1.29, 1.82) is 0 Å². The lowest BCUT2D eigenvalue weighted by Crippen LogP contribution is -2.51. The van der Waals surface area contributed by atoms with E-state index in [0.717, 1.165) is 49.4 Å². The van der Waals surface area contributed by atoms with Crippen molar-refractivity contribution in [1.82, 2.24) is 24.6 Å². The van der Waals surface area contributed by atoms with E-state index in [0.29, 0.717) is 17.7 Å². The van der Waals surface area contributed by atoms with Crippen molar-refractivity contribution in [2.75, 3.05) is 13.1 Å². The lowest BCUT2D eigenvalue weighted by atomic mass is 9.99. The summed E-state index contributed by atoms with van der Waals surface area (Å²) in [7, 11) is 0. The van der Waals surface area contributed by atoms with Crippen LogP contribution in [-0.2, 0) is 11.3 Å². The Labute approximate surface area is 174 Å². The van der Waals surface area contributed by atoms with Crippen molar-refractivity contribution in [2.45, 2.75) is 19.4 Å². The third-order valence-electron chi connectivity index (χ3n) is 6.30. The maximum Gasteiger partial charge on any atom is 0.225 e. The van der Waals surface area contributed by atoms with Crippen molar-refractivity contribution < 1.29 is 4.79 Å². The number of carbonyl (C=O) groups is 1. The normalized spacial score (nSPS) is 16.7. The van der Waals surface area contributed by atoms with Crippen LogP contribution in [0.3, 0.4) is 0 Å². The molecule has 3 heterocycles. The summed E-state index contributed by atoms with van der Waals surface area (Å²) in [6.45, 7) is 2.56. The van der Waals surface area contributed by atoms with Crippen LogP contribution in [0.2, 0.25) is 0 Å². The zero-order valence-electron chi connectivity index (χ0n) is 16.7. The Morgan fingerprint density at radius 3 is 2.57 bits per heavy atom. The number of aromatic amines is 1. The number of nitrogens with one attached hydrogen (secondary N) is 1. The van der Waals surface area contributed by atoms with Crippen LogP contribution in [0.4, 0.5) is 0 Å². The summed E-state index contributed by atoms with van der Waals surface area (Å²) in [5.74, 6) is 2.03. The number of likely N-dealkylation sites (tertiary alicyclic amines) is 1. The third-order valence-corrected chi connectivity index (χ3v) is 6.30. The molecule has 6 heteroatoms. The van der Waals surface area contributed by atoms with Crippen molar-refractivity contribution in [3.05, 3.63) is 61.1 Å². The fourth-order valence-electron chi connectivity index (χ4n) is 4.39. The van der Waals surface area contributed by atoms with Gasteiger partial charge in [0.05, 0.1) is 0 Å². The molecule has 6 nitrogen and oxygen atoms in total. The summed E-state index contributed by atoms with van der Waals surface area (Å²) in [5, 5.41) is 9.71. The fraction of sp³-hybridized carbons (Fsp3) is 0.292. The second-order valence-corrected chi connectivity index (χ2v) is 8.55. The zero-order chi connectivity index (χ0) is 20.1. The van der Waals surface area contributed by atoms with Gasteiger partial charge in [-0.2, -0.15) is 0 Å². The van der Waals surface area contributed by atoms with E-state index in [1.165, 1.54) is 16.5 Å². The van der Waals surface area contributed by atoms with Crippen molar-refractivity contribution >= 4 is 16.8 Å². The van der Waals surface area contributed by atoms with Gasteiger partial charge in [0.1, 0.15) is 6.33 Å². The molecular formula is C24H23N5O. The maximum atomic E-state index is 12.1. The van der Waals surface area contributed by atoms with Crippen LogP contribution in [0.5, 0.6) is 0 Å². The maximum absolute atomic E-state index is 12.1. The number of hydrogen-bond donors (Lipinski definition) is 1. The quantitative estimate of drug-likeness (QED) is 0.554. The number of H-pyrrole nitrogens is 1. The molecule has 0 radical (unpaired) electrons. The minimum atomic E-state index is 0.313. The minimum absolute atomic E-state index is 0.313. The molecule has 0 unspecified atom stereocenters. The summed E-state index contributed by atoms with van der Waals surface area (Å²) >= 11 is 0. The van der Waals surface area contributed by atoms with E-state index in [1.54, 1.807) is 6.33 Å². The zero-order valence-corrected chi connectivity index (χ0v) is 16.7. The van der Waals surface area contributed by atoms with Gasteiger partial charge >= 0.3 is 0 Å². The van der Waals surface area contributed by atoms with Crippen LogP contribution in [-0.4, -0.2) is 43.6 Å². The molecule has 30 heavy (non-hydrogen) atoms. The molecule has 0 spiro atoms. The molecule has 150 valence electrons. The van der Waals surface area contributed by atoms with Gasteiger partial charge in [-0.1, -0.05) is 30.3 Å². The van der Waals surface area contributed by atoms with E-state index in [2.05, 4.69) is 68.3 Å². The van der Waals surface area contributed by atoms with Gasteiger partial charge in [-0.25, -0.2) is 0 Å². The predicted octanol–water partition coefficient (Wildman–Crippen LogP) is 3.96. The van der Waals surface area contributed by atoms with E-state index in [4.69, 9.17) is 0 Å². The van der Waals surface area contributed by atoms with Crippen LogP contribution >= 0.6 is 0 Å². The largest absolute Gasteiger partial charge is 0.361 e. The Bertz CT molecular complexity index is 1210. The van der Waals surface area contributed by atoms with Gasteiger partial charge in [-0.3, -0.25) is 4.79 Å². The Morgan fingerprint density at radius 1 is 1.00 bits per heavy atom. The van der Waals surface area contributed by atoms with Gasteiger partial charge in [0.25, 0.3) is 0 Å². The Morgan fingerprint density at radius 2 is 1.77 bits per heavy atom. The second kappa shape index (κ2) is 6.83. The van der Waals surface area contributed by atoms with Crippen molar-refractivity contribution in [3.63, 3.8) is 0 Å². The number of nitrogens with zero attached hydrogens (tertiary/aromatic N) is 4. The van der Waals surface area contributed by atoms with Gasteiger partial charge < -0.3 is 14.5 Å². The minimum Gasteiger partial charge on any atom is -0.361 e. The molecule has 0 atom stereocenters. The first kappa shape index (κ1) is 17.4. The summed E-state index contributed by atoms with van der Waals surface area (Å²) in [6, 6.07) is 17.1. The molecule has 2 fully saturated rings. The van der Waals surface area contributed by atoms with E-state index in [1.807, 2.05) is 11.1 Å². The number of amides is 1. The molecule has 6 rings (SSSR count). The van der Waals surface area contributed by atoms with E-state index >= 15 is 0 Å². The smallest absolute Gasteiger partial charge is 0.225 e.